The molecule has 0 bridgehead atoms. The predicted molar refractivity (Wildman–Crippen MR) is 76.4 cm³/mol. The van der Waals surface area contributed by atoms with Crippen molar-refractivity contribution in [3.05, 3.63) is 11.4 Å². The zero-order chi connectivity index (χ0) is 13.1. The van der Waals surface area contributed by atoms with Gasteiger partial charge in [-0.05, 0) is 33.6 Å². The molecule has 0 aromatic carbocycles. The lowest BCUT2D eigenvalue weighted by Crippen LogP contribution is -2.28. The van der Waals surface area contributed by atoms with Gasteiger partial charge in [0.2, 0.25) is 0 Å². The minimum absolute atomic E-state index is 0.697. The Kier molecular flexibility index (Phi) is 4.04. The molecule has 0 unspecified atom stereocenters. The number of hydrogen-bond acceptors (Lipinski definition) is 4. The topological polar surface area (TPSA) is 41.1 Å². The average Bonchev–Trinajstić information content (AvgIpc) is 3.19. The molecule has 2 rings (SSSR count). The van der Waals surface area contributed by atoms with E-state index in [0.717, 1.165) is 37.0 Å². The van der Waals surface area contributed by atoms with E-state index in [1.54, 1.807) is 0 Å². The Morgan fingerprint density at radius 3 is 2.44 bits per heavy atom. The molecule has 0 saturated heterocycles. The Balaban J connectivity index is 2.39. The molecule has 0 spiro atoms. The summed E-state index contributed by atoms with van der Waals surface area (Å²) in [6, 6.07) is 0.697. The normalized spacial score (nSPS) is 14.7. The van der Waals surface area contributed by atoms with Gasteiger partial charge < -0.3 is 10.2 Å². The van der Waals surface area contributed by atoms with Crippen LogP contribution in [-0.2, 0) is 6.42 Å². The van der Waals surface area contributed by atoms with Gasteiger partial charge in [0.15, 0.2) is 0 Å². The van der Waals surface area contributed by atoms with Crippen LogP contribution in [-0.4, -0.2) is 29.1 Å². The SMILES string of the molecule is CCNc1nc(CC)nc(N(CC)C2CC2)c1C. The second-order valence-corrected chi connectivity index (χ2v) is 4.84. The van der Waals surface area contributed by atoms with E-state index in [9.17, 15) is 0 Å². The Morgan fingerprint density at radius 2 is 1.94 bits per heavy atom. The lowest BCUT2D eigenvalue weighted by Gasteiger charge is -2.25. The van der Waals surface area contributed by atoms with Crippen molar-refractivity contribution in [2.75, 3.05) is 23.3 Å². The number of hydrogen-bond donors (Lipinski definition) is 1. The van der Waals surface area contributed by atoms with Crippen LogP contribution in [0, 0.1) is 6.92 Å². The molecule has 1 saturated carbocycles. The quantitative estimate of drug-likeness (QED) is 0.840. The maximum Gasteiger partial charge on any atom is 0.137 e. The molecule has 1 aliphatic rings. The fraction of sp³-hybridized carbons (Fsp3) is 0.714. The maximum absolute atomic E-state index is 4.74. The van der Waals surface area contributed by atoms with Gasteiger partial charge in [0.25, 0.3) is 0 Å². The second-order valence-electron chi connectivity index (χ2n) is 4.84. The van der Waals surface area contributed by atoms with Crippen LogP contribution in [0.25, 0.3) is 0 Å². The number of aryl methyl sites for hydroxylation is 1. The standard InChI is InChI=1S/C14H24N4/c1-5-12-16-13(15-6-2)10(4)14(17-12)18(7-3)11-8-9-11/h11H,5-9H2,1-4H3,(H,15,16,17). The minimum Gasteiger partial charge on any atom is -0.370 e. The predicted octanol–water partition coefficient (Wildman–Crippen LogP) is 2.77. The van der Waals surface area contributed by atoms with Crippen LogP contribution in [0.15, 0.2) is 0 Å². The van der Waals surface area contributed by atoms with Crippen molar-refractivity contribution in [2.24, 2.45) is 0 Å². The molecular weight excluding hydrogens is 224 g/mol. The molecule has 0 amide bonds. The van der Waals surface area contributed by atoms with Crippen molar-refractivity contribution < 1.29 is 0 Å². The van der Waals surface area contributed by atoms with Crippen LogP contribution in [0.4, 0.5) is 11.6 Å². The Hall–Kier alpha value is -1.32. The fourth-order valence-electron chi connectivity index (χ4n) is 2.29. The van der Waals surface area contributed by atoms with Crippen LogP contribution in [0.5, 0.6) is 0 Å². The van der Waals surface area contributed by atoms with Gasteiger partial charge in [-0.15, -0.1) is 0 Å². The molecule has 1 aliphatic carbocycles. The molecule has 4 nitrogen and oxygen atoms in total. The highest BCUT2D eigenvalue weighted by molar-refractivity contribution is 5.59. The number of aromatic nitrogens is 2. The van der Waals surface area contributed by atoms with Crippen LogP contribution in [0.1, 0.15) is 45.0 Å². The molecule has 1 aromatic heterocycles. The average molecular weight is 248 g/mol. The Morgan fingerprint density at radius 1 is 1.22 bits per heavy atom. The van der Waals surface area contributed by atoms with E-state index < -0.39 is 0 Å². The summed E-state index contributed by atoms with van der Waals surface area (Å²) in [7, 11) is 0. The molecule has 4 heteroatoms. The van der Waals surface area contributed by atoms with Gasteiger partial charge in [0.05, 0.1) is 0 Å². The first kappa shape index (κ1) is 13.1. The Labute approximate surface area is 110 Å². The van der Waals surface area contributed by atoms with Crippen molar-refractivity contribution in [3.63, 3.8) is 0 Å². The van der Waals surface area contributed by atoms with E-state index >= 15 is 0 Å². The third-order valence-corrected chi connectivity index (χ3v) is 3.43. The van der Waals surface area contributed by atoms with E-state index in [4.69, 9.17) is 4.98 Å². The fourth-order valence-corrected chi connectivity index (χ4v) is 2.29. The molecule has 1 fully saturated rings. The summed E-state index contributed by atoms with van der Waals surface area (Å²) in [4.78, 5) is 11.8. The highest BCUT2D eigenvalue weighted by Crippen LogP contribution is 2.33. The van der Waals surface area contributed by atoms with Gasteiger partial charge in [0, 0.05) is 31.1 Å². The van der Waals surface area contributed by atoms with Crippen molar-refractivity contribution in [1.29, 1.82) is 0 Å². The molecule has 1 N–H and O–H groups in total. The zero-order valence-electron chi connectivity index (χ0n) is 12.0. The summed E-state index contributed by atoms with van der Waals surface area (Å²) in [5, 5.41) is 3.35. The van der Waals surface area contributed by atoms with Crippen molar-refractivity contribution >= 4 is 11.6 Å². The molecule has 0 radical (unpaired) electrons. The molecule has 1 heterocycles. The largest absolute Gasteiger partial charge is 0.370 e. The van der Waals surface area contributed by atoms with Crippen LogP contribution in [0.3, 0.4) is 0 Å². The highest BCUT2D eigenvalue weighted by Gasteiger charge is 2.30. The van der Waals surface area contributed by atoms with Crippen LogP contribution >= 0.6 is 0 Å². The lowest BCUT2D eigenvalue weighted by atomic mass is 10.2. The third-order valence-electron chi connectivity index (χ3n) is 3.43. The van der Waals surface area contributed by atoms with E-state index in [-0.39, 0.29) is 0 Å². The number of rotatable bonds is 6. The number of nitrogens with one attached hydrogen (secondary N) is 1. The van der Waals surface area contributed by atoms with E-state index in [1.165, 1.54) is 18.4 Å². The summed E-state index contributed by atoms with van der Waals surface area (Å²) >= 11 is 0. The summed E-state index contributed by atoms with van der Waals surface area (Å²) in [5.74, 6) is 3.06. The van der Waals surface area contributed by atoms with Gasteiger partial charge in [-0.3, -0.25) is 0 Å². The zero-order valence-corrected chi connectivity index (χ0v) is 12.0. The molecule has 0 aliphatic heterocycles. The smallest absolute Gasteiger partial charge is 0.137 e. The van der Waals surface area contributed by atoms with Gasteiger partial charge >= 0.3 is 0 Å². The molecule has 1 aromatic rings. The highest BCUT2D eigenvalue weighted by atomic mass is 15.2. The second kappa shape index (κ2) is 5.55. The number of nitrogens with zero attached hydrogens (tertiary/aromatic N) is 3. The van der Waals surface area contributed by atoms with E-state index in [1.807, 2.05) is 0 Å². The van der Waals surface area contributed by atoms with Crippen molar-refractivity contribution in [3.8, 4) is 0 Å². The van der Waals surface area contributed by atoms with Crippen molar-refractivity contribution in [2.45, 2.75) is 53.0 Å². The third kappa shape index (κ3) is 2.57. The molecular formula is C14H24N4. The minimum atomic E-state index is 0.697. The van der Waals surface area contributed by atoms with Gasteiger partial charge in [-0.2, -0.15) is 0 Å². The molecule has 100 valence electrons. The Bertz CT molecular complexity index is 413. The van der Waals surface area contributed by atoms with Gasteiger partial charge in [-0.1, -0.05) is 6.92 Å². The van der Waals surface area contributed by atoms with Gasteiger partial charge in [0.1, 0.15) is 17.5 Å². The molecule has 0 atom stereocenters. The molecule has 18 heavy (non-hydrogen) atoms. The van der Waals surface area contributed by atoms with E-state index in [0.29, 0.717) is 6.04 Å². The van der Waals surface area contributed by atoms with Crippen molar-refractivity contribution in [1.82, 2.24) is 9.97 Å². The van der Waals surface area contributed by atoms with E-state index in [2.05, 4.69) is 42.9 Å². The lowest BCUT2D eigenvalue weighted by molar-refractivity contribution is 0.786. The summed E-state index contributed by atoms with van der Waals surface area (Å²) in [5.41, 5.74) is 1.18. The monoisotopic (exact) mass is 248 g/mol. The first-order valence-corrected chi connectivity index (χ1v) is 7.09. The summed E-state index contributed by atoms with van der Waals surface area (Å²) in [6.45, 7) is 10.5. The maximum atomic E-state index is 4.74. The summed E-state index contributed by atoms with van der Waals surface area (Å²) in [6.07, 6.45) is 3.48. The van der Waals surface area contributed by atoms with Crippen LogP contribution < -0.4 is 10.2 Å². The summed E-state index contributed by atoms with van der Waals surface area (Å²) < 4.78 is 0. The number of anilines is 2. The first-order valence-electron chi connectivity index (χ1n) is 7.09. The first-order chi connectivity index (χ1) is 8.71. The van der Waals surface area contributed by atoms with Crippen LogP contribution in [0.2, 0.25) is 0 Å². The van der Waals surface area contributed by atoms with Gasteiger partial charge in [-0.25, -0.2) is 9.97 Å².